The number of rotatable bonds is 5. The zero-order valence-corrected chi connectivity index (χ0v) is 29.8. The van der Waals surface area contributed by atoms with Gasteiger partial charge in [0.25, 0.3) is 0 Å². The molecule has 9 rings (SSSR count). The predicted octanol–water partition coefficient (Wildman–Crippen LogP) is 13.0. The summed E-state index contributed by atoms with van der Waals surface area (Å²) < 4.78 is 2.44. The van der Waals surface area contributed by atoms with E-state index in [1.165, 1.54) is 70.1 Å². The van der Waals surface area contributed by atoms with Gasteiger partial charge in [0.2, 0.25) is 0 Å². The molecule has 0 saturated heterocycles. The molecule has 0 N–H and O–H groups in total. The molecule has 51 heavy (non-hydrogen) atoms. The Morgan fingerprint density at radius 3 is 1.55 bits per heavy atom. The minimum absolute atomic E-state index is 0.655. The SMILES string of the molecule is Cc1cc(C)cc(-c2ccc(-c3nc(-c4ccc(-c5cc(C)cc(C)c5)c5ccccc45)nc(-c4cccc5c4sc4ccccc45)n3)cc2)c1. The topological polar surface area (TPSA) is 38.7 Å². The highest BCUT2D eigenvalue weighted by Crippen LogP contribution is 2.41. The quantitative estimate of drug-likeness (QED) is 0.182. The Morgan fingerprint density at radius 1 is 0.353 bits per heavy atom. The van der Waals surface area contributed by atoms with Gasteiger partial charge < -0.3 is 0 Å². The first-order valence-electron chi connectivity index (χ1n) is 17.3. The molecule has 0 amide bonds. The summed E-state index contributed by atoms with van der Waals surface area (Å²) in [6, 6.07) is 50.1. The summed E-state index contributed by atoms with van der Waals surface area (Å²) >= 11 is 1.79. The second-order valence-electron chi connectivity index (χ2n) is 13.6. The number of benzene rings is 7. The van der Waals surface area contributed by atoms with E-state index < -0.39 is 0 Å². The maximum atomic E-state index is 5.27. The van der Waals surface area contributed by atoms with Crippen LogP contribution in [0.15, 0.2) is 140 Å². The zero-order chi connectivity index (χ0) is 34.6. The van der Waals surface area contributed by atoms with Crippen LogP contribution < -0.4 is 0 Å². The molecule has 2 aromatic heterocycles. The lowest BCUT2D eigenvalue weighted by atomic mass is 9.93. The van der Waals surface area contributed by atoms with Crippen molar-refractivity contribution >= 4 is 42.3 Å². The van der Waals surface area contributed by atoms with E-state index in [2.05, 4.69) is 167 Å². The van der Waals surface area contributed by atoms with E-state index in [4.69, 9.17) is 15.0 Å². The molecule has 9 aromatic rings. The molecule has 0 saturated carbocycles. The van der Waals surface area contributed by atoms with Gasteiger partial charge >= 0.3 is 0 Å². The minimum atomic E-state index is 0.655. The average Bonchev–Trinajstić information content (AvgIpc) is 3.52. The highest BCUT2D eigenvalue weighted by Gasteiger charge is 2.19. The van der Waals surface area contributed by atoms with Gasteiger partial charge in [0.1, 0.15) is 0 Å². The molecule has 7 aromatic carbocycles. The molecule has 4 heteroatoms. The van der Waals surface area contributed by atoms with Crippen LogP contribution in [0.5, 0.6) is 0 Å². The molecule has 0 atom stereocenters. The average molecular weight is 674 g/mol. The third kappa shape index (κ3) is 5.68. The predicted molar refractivity (Wildman–Crippen MR) is 216 cm³/mol. The highest BCUT2D eigenvalue weighted by molar-refractivity contribution is 7.26. The molecule has 2 heterocycles. The van der Waals surface area contributed by atoms with Gasteiger partial charge in [-0.2, -0.15) is 0 Å². The zero-order valence-electron chi connectivity index (χ0n) is 29.0. The van der Waals surface area contributed by atoms with Gasteiger partial charge in [-0.05, 0) is 78.9 Å². The van der Waals surface area contributed by atoms with Crippen LogP contribution in [0.2, 0.25) is 0 Å². The van der Waals surface area contributed by atoms with Crippen molar-refractivity contribution < 1.29 is 0 Å². The van der Waals surface area contributed by atoms with Crippen molar-refractivity contribution in [1.29, 1.82) is 0 Å². The summed E-state index contributed by atoms with van der Waals surface area (Å²) in [7, 11) is 0. The van der Waals surface area contributed by atoms with Gasteiger partial charge in [0, 0.05) is 36.9 Å². The van der Waals surface area contributed by atoms with Crippen LogP contribution in [-0.4, -0.2) is 15.0 Å². The molecule has 0 spiro atoms. The van der Waals surface area contributed by atoms with E-state index >= 15 is 0 Å². The first-order valence-corrected chi connectivity index (χ1v) is 18.2. The van der Waals surface area contributed by atoms with Crippen molar-refractivity contribution in [3.05, 3.63) is 162 Å². The standard InChI is InChI=1S/C47H35N3S/c1-28-22-29(2)25-34(24-28)32-16-18-33(19-17-32)45-48-46(50-47(49-45)42-14-9-13-40-39-12-7-8-15-43(39)51-44(40)42)41-21-20-36(37-10-5-6-11-38(37)41)35-26-30(3)23-31(4)27-35/h5-27H,1-4H3. The van der Waals surface area contributed by atoms with Crippen molar-refractivity contribution in [2.24, 2.45) is 0 Å². The smallest absolute Gasteiger partial charge is 0.165 e. The lowest BCUT2D eigenvalue weighted by Gasteiger charge is -2.14. The molecule has 244 valence electrons. The maximum absolute atomic E-state index is 5.27. The summed E-state index contributed by atoms with van der Waals surface area (Å²) in [4.78, 5) is 15.7. The molecule has 3 nitrogen and oxygen atoms in total. The van der Waals surface area contributed by atoms with Crippen LogP contribution >= 0.6 is 11.3 Å². The van der Waals surface area contributed by atoms with Crippen molar-refractivity contribution in [3.8, 4) is 56.4 Å². The fraction of sp³-hybridized carbons (Fsp3) is 0.0851. The molecule has 0 aliphatic heterocycles. The lowest BCUT2D eigenvalue weighted by Crippen LogP contribution is -2.01. The summed E-state index contributed by atoms with van der Waals surface area (Å²) in [5, 5.41) is 4.76. The number of hydrogen-bond donors (Lipinski definition) is 0. The van der Waals surface area contributed by atoms with Gasteiger partial charge in [0.15, 0.2) is 17.5 Å². The van der Waals surface area contributed by atoms with E-state index in [1.54, 1.807) is 11.3 Å². The Balaban J connectivity index is 1.25. The molecular weight excluding hydrogens is 639 g/mol. The van der Waals surface area contributed by atoms with Gasteiger partial charge in [-0.3, -0.25) is 0 Å². The summed E-state index contributed by atoms with van der Waals surface area (Å²) in [5.41, 5.74) is 12.8. The fourth-order valence-corrected chi connectivity index (χ4v) is 8.71. The maximum Gasteiger partial charge on any atom is 0.165 e. The third-order valence-electron chi connectivity index (χ3n) is 9.68. The number of nitrogens with zero attached hydrogens (tertiary/aromatic N) is 3. The second-order valence-corrected chi connectivity index (χ2v) is 14.7. The number of thiophene rings is 1. The van der Waals surface area contributed by atoms with Crippen molar-refractivity contribution in [2.45, 2.75) is 27.7 Å². The van der Waals surface area contributed by atoms with Crippen LogP contribution in [0.1, 0.15) is 22.3 Å². The van der Waals surface area contributed by atoms with E-state index in [1.807, 2.05) is 0 Å². The second kappa shape index (κ2) is 12.4. The monoisotopic (exact) mass is 673 g/mol. The largest absolute Gasteiger partial charge is 0.208 e. The molecule has 0 radical (unpaired) electrons. The van der Waals surface area contributed by atoms with Crippen LogP contribution in [0, 0.1) is 27.7 Å². The third-order valence-corrected chi connectivity index (χ3v) is 10.9. The van der Waals surface area contributed by atoms with Crippen molar-refractivity contribution in [2.75, 3.05) is 0 Å². The van der Waals surface area contributed by atoms with Crippen LogP contribution in [0.4, 0.5) is 0 Å². The summed E-state index contributed by atoms with van der Waals surface area (Å²) in [6.07, 6.45) is 0. The lowest BCUT2D eigenvalue weighted by molar-refractivity contribution is 1.08. The molecule has 0 bridgehead atoms. The van der Waals surface area contributed by atoms with Crippen LogP contribution in [-0.2, 0) is 0 Å². The molecule has 0 fully saturated rings. The Kier molecular flexibility index (Phi) is 7.56. The van der Waals surface area contributed by atoms with Gasteiger partial charge in [-0.15, -0.1) is 11.3 Å². The van der Waals surface area contributed by atoms with Gasteiger partial charge in [0.05, 0.1) is 0 Å². The Morgan fingerprint density at radius 2 is 0.863 bits per heavy atom. The molecular formula is C47H35N3S. The van der Waals surface area contributed by atoms with E-state index in [-0.39, 0.29) is 0 Å². The molecule has 0 unspecified atom stereocenters. The van der Waals surface area contributed by atoms with Gasteiger partial charge in [-0.25, -0.2) is 15.0 Å². The fourth-order valence-electron chi connectivity index (χ4n) is 7.50. The number of hydrogen-bond acceptors (Lipinski definition) is 4. The normalized spacial score (nSPS) is 11.5. The van der Waals surface area contributed by atoms with Crippen molar-refractivity contribution in [3.63, 3.8) is 0 Å². The number of fused-ring (bicyclic) bond motifs is 4. The summed E-state index contributed by atoms with van der Waals surface area (Å²) in [6.45, 7) is 8.61. The number of aromatic nitrogens is 3. The Bertz CT molecular complexity index is 2750. The van der Waals surface area contributed by atoms with E-state index in [0.29, 0.717) is 17.5 Å². The van der Waals surface area contributed by atoms with Crippen LogP contribution in [0.25, 0.3) is 87.4 Å². The minimum Gasteiger partial charge on any atom is -0.208 e. The number of aryl methyl sites for hydroxylation is 4. The van der Waals surface area contributed by atoms with E-state index in [9.17, 15) is 0 Å². The highest BCUT2D eigenvalue weighted by atomic mass is 32.1. The molecule has 0 aliphatic rings. The first-order chi connectivity index (χ1) is 24.9. The van der Waals surface area contributed by atoms with Gasteiger partial charge in [-0.1, -0.05) is 144 Å². The van der Waals surface area contributed by atoms with Crippen molar-refractivity contribution in [1.82, 2.24) is 15.0 Å². The van der Waals surface area contributed by atoms with E-state index in [0.717, 1.165) is 22.1 Å². The van der Waals surface area contributed by atoms with Crippen LogP contribution in [0.3, 0.4) is 0 Å². The Hall–Kier alpha value is -5.97. The Labute approximate surface area is 302 Å². The summed E-state index contributed by atoms with van der Waals surface area (Å²) in [5.74, 6) is 1.99. The first kappa shape index (κ1) is 31.0. The molecule has 0 aliphatic carbocycles.